The number of aromatic nitrogens is 2. The molecule has 19 heavy (non-hydrogen) atoms. The molecular formula is C12H22ClN3O2S. The van der Waals surface area contributed by atoms with Gasteiger partial charge in [-0.05, 0) is 12.3 Å². The van der Waals surface area contributed by atoms with E-state index in [1.165, 1.54) is 10.5 Å². The molecule has 1 aromatic heterocycles. The summed E-state index contributed by atoms with van der Waals surface area (Å²) < 4.78 is 28.0. The van der Waals surface area contributed by atoms with E-state index >= 15 is 0 Å². The highest BCUT2D eigenvalue weighted by molar-refractivity contribution is 7.89. The monoisotopic (exact) mass is 307 g/mol. The number of halogens is 1. The lowest BCUT2D eigenvalue weighted by Gasteiger charge is -2.21. The third-order valence-corrected chi connectivity index (χ3v) is 4.85. The van der Waals surface area contributed by atoms with Crippen molar-refractivity contribution in [3.05, 3.63) is 12.4 Å². The van der Waals surface area contributed by atoms with Crippen LogP contribution in [0.15, 0.2) is 17.3 Å². The summed E-state index contributed by atoms with van der Waals surface area (Å²) in [5, 5.41) is 4.07. The van der Waals surface area contributed by atoms with Crippen molar-refractivity contribution in [1.82, 2.24) is 14.1 Å². The minimum Gasteiger partial charge on any atom is -0.271 e. The largest absolute Gasteiger partial charge is 0.271 e. The first kappa shape index (κ1) is 16.5. The first-order valence-corrected chi connectivity index (χ1v) is 8.47. The lowest BCUT2D eigenvalue weighted by atomic mass is 10.2. The topological polar surface area (TPSA) is 55.2 Å². The maximum atomic E-state index is 12.4. The summed E-state index contributed by atoms with van der Waals surface area (Å²) in [7, 11) is -3.43. The summed E-state index contributed by atoms with van der Waals surface area (Å²) >= 11 is 5.61. The second-order valence-corrected chi connectivity index (χ2v) is 7.15. The fourth-order valence-electron chi connectivity index (χ4n) is 1.78. The van der Waals surface area contributed by atoms with Gasteiger partial charge in [0.05, 0.1) is 6.20 Å². The van der Waals surface area contributed by atoms with Crippen LogP contribution in [0.5, 0.6) is 0 Å². The van der Waals surface area contributed by atoms with Gasteiger partial charge >= 0.3 is 0 Å². The second-order valence-electron chi connectivity index (χ2n) is 4.83. The van der Waals surface area contributed by atoms with Crippen molar-refractivity contribution >= 4 is 21.6 Å². The lowest BCUT2D eigenvalue weighted by Crippen LogP contribution is -2.33. The van der Waals surface area contributed by atoms with Crippen LogP contribution in [-0.4, -0.2) is 41.5 Å². The Kier molecular flexibility index (Phi) is 6.29. The maximum Gasteiger partial charge on any atom is 0.246 e. The molecule has 5 nitrogen and oxygen atoms in total. The highest BCUT2D eigenvalue weighted by Gasteiger charge is 2.25. The van der Waals surface area contributed by atoms with Crippen LogP contribution in [0.25, 0.3) is 0 Å². The summed E-state index contributed by atoms with van der Waals surface area (Å²) in [6.45, 7) is 7.47. The van der Waals surface area contributed by atoms with Crippen LogP contribution >= 0.6 is 11.6 Å². The van der Waals surface area contributed by atoms with E-state index in [0.29, 0.717) is 31.4 Å². The standard InChI is InChI=1S/C12H22ClN3O2S/c1-4-16(9-11(2)3)19(17,18)12-8-14-15(10-12)7-5-6-13/h8,10-11H,4-7,9H2,1-3H3. The van der Waals surface area contributed by atoms with Gasteiger partial charge in [0.25, 0.3) is 0 Å². The molecule has 0 aliphatic heterocycles. The van der Waals surface area contributed by atoms with Crippen molar-refractivity contribution in [1.29, 1.82) is 0 Å². The number of hydrogen-bond acceptors (Lipinski definition) is 3. The van der Waals surface area contributed by atoms with Crippen molar-refractivity contribution < 1.29 is 8.42 Å². The first-order valence-electron chi connectivity index (χ1n) is 6.50. The molecule has 0 saturated heterocycles. The first-order chi connectivity index (χ1) is 8.91. The van der Waals surface area contributed by atoms with E-state index < -0.39 is 10.0 Å². The average Bonchev–Trinajstić information content (AvgIpc) is 2.82. The second kappa shape index (κ2) is 7.26. The Balaban J connectivity index is 2.89. The summed E-state index contributed by atoms with van der Waals surface area (Å²) in [5.41, 5.74) is 0. The molecule has 0 spiro atoms. The molecule has 0 aliphatic rings. The number of aryl methyl sites for hydroxylation is 1. The summed E-state index contributed by atoms with van der Waals surface area (Å²) in [6.07, 6.45) is 3.75. The predicted molar refractivity (Wildman–Crippen MR) is 76.8 cm³/mol. The molecule has 0 fully saturated rings. The Hall–Kier alpha value is -0.590. The summed E-state index contributed by atoms with van der Waals surface area (Å²) in [4.78, 5) is 0.254. The van der Waals surface area contributed by atoms with Gasteiger partial charge in [-0.25, -0.2) is 8.42 Å². The molecule has 0 amide bonds. The van der Waals surface area contributed by atoms with E-state index in [2.05, 4.69) is 5.10 Å². The fraction of sp³-hybridized carbons (Fsp3) is 0.750. The van der Waals surface area contributed by atoms with Gasteiger partial charge in [0.1, 0.15) is 4.90 Å². The Morgan fingerprint density at radius 2 is 2.16 bits per heavy atom. The molecule has 1 rings (SSSR count). The van der Waals surface area contributed by atoms with E-state index in [-0.39, 0.29) is 4.90 Å². The Morgan fingerprint density at radius 1 is 1.47 bits per heavy atom. The van der Waals surface area contributed by atoms with Crippen molar-refractivity contribution in [2.75, 3.05) is 19.0 Å². The van der Waals surface area contributed by atoms with Gasteiger partial charge in [0.2, 0.25) is 10.0 Å². The van der Waals surface area contributed by atoms with Gasteiger partial charge in [-0.3, -0.25) is 4.68 Å². The molecule has 0 atom stereocenters. The van der Waals surface area contributed by atoms with Crippen molar-refractivity contribution in [3.63, 3.8) is 0 Å². The normalized spacial score (nSPS) is 12.5. The molecule has 0 radical (unpaired) electrons. The van der Waals surface area contributed by atoms with E-state index in [1.807, 2.05) is 20.8 Å². The minimum atomic E-state index is -3.43. The number of rotatable bonds is 8. The molecule has 0 saturated carbocycles. The van der Waals surface area contributed by atoms with Gasteiger partial charge in [0.15, 0.2) is 0 Å². The minimum absolute atomic E-state index is 0.254. The zero-order valence-corrected chi connectivity index (χ0v) is 13.3. The summed E-state index contributed by atoms with van der Waals surface area (Å²) in [5.74, 6) is 0.831. The summed E-state index contributed by atoms with van der Waals surface area (Å²) in [6, 6.07) is 0. The molecule has 110 valence electrons. The van der Waals surface area contributed by atoms with E-state index in [9.17, 15) is 8.42 Å². The highest BCUT2D eigenvalue weighted by Crippen LogP contribution is 2.16. The lowest BCUT2D eigenvalue weighted by molar-refractivity contribution is 0.381. The molecule has 1 heterocycles. The molecule has 0 aliphatic carbocycles. The van der Waals surface area contributed by atoms with Crippen molar-refractivity contribution in [3.8, 4) is 0 Å². The number of hydrogen-bond donors (Lipinski definition) is 0. The number of sulfonamides is 1. The van der Waals surface area contributed by atoms with E-state index in [4.69, 9.17) is 11.6 Å². The maximum absolute atomic E-state index is 12.4. The smallest absolute Gasteiger partial charge is 0.246 e. The third kappa shape index (κ3) is 4.47. The average molecular weight is 308 g/mol. The molecule has 1 aromatic rings. The van der Waals surface area contributed by atoms with Gasteiger partial charge in [-0.15, -0.1) is 11.6 Å². The zero-order chi connectivity index (χ0) is 14.5. The van der Waals surface area contributed by atoms with Crippen LogP contribution < -0.4 is 0 Å². The van der Waals surface area contributed by atoms with Crippen molar-refractivity contribution in [2.45, 2.75) is 38.6 Å². The number of nitrogens with zero attached hydrogens (tertiary/aromatic N) is 3. The number of alkyl halides is 1. The van der Waals surface area contributed by atoms with E-state index in [0.717, 1.165) is 6.42 Å². The molecular weight excluding hydrogens is 286 g/mol. The highest BCUT2D eigenvalue weighted by atomic mass is 35.5. The molecule has 0 N–H and O–H groups in total. The molecule has 7 heteroatoms. The van der Waals surface area contributed by atoms with Gasteiger partial charge < -0.3 is 0 Å². The SMILES string of the molecule is CCN(CC(C)C)S(=O)(=O)c1cnn(CCCCl)c1. The zero-order valence-electron chi connectivity index (χ0n) is 11.7. The quantitative estimate of drug-likeness (QED) is 0.692. The Labute approximate surface area is 120 Å². The Morgan fingerprint density at radius 3 is 2.68 bits per heavy atom. The molecule has 0 bridgehead atoms. The van der Waals surface area contributed by atoms with Crippen LogP contribution in [0.1, 0.15) is 27.2 Å². The predicted octanol–water partition coefficient (Wildman–Crippen LogP) is 2.18. The Bertz CT molecular complexity index is 485. The third-order valence-electron chi connectivity index (χ3n) is 2.69. The molecule has 0 aromatic carbocycles. The van der Waals surface area contributed by atoms with Crippen LogP contribution in [-0.2, 0) is 16.6 Å². The van der Waals surface area contributed by atoms with Crippen LogP contribution in [0.2, 0.25) is 0 Å². The van der Waals surface area contributed by atoms with Gasteiger partial charge in [0, 0.05) is 31.7 Å². The van der Waals surface area contributed by atoms with Crippen LogP contribution in [0.4, 0.5) is 0 Å². The van der Waals surface area contributed by atoms with Crippen molar-refractivity contribution in [2.24, 2.45) is 5.92 Å². The van der Waals surface area contributed by atoms with Crippen LogP contribution in [0.3, 0.4) is 0 Å². The van der Waals surface area contributed by atoms with Crippen LogP contribution in [0, 0.1) is 5.92 Å². The van der Waals surface area contributed by atoms with Gasteiger partial charge in [-0.1, -0.05) is 20.8 Å². The van der Waals surface area contributed by atoms with E-state index in [1.54, 1.807) is 10.9 Å². The molecule has 0 unspecified atom stereocenters. The fourth-order valence-corrected chi connectivity index (χ4v) is 3.46. The van der Waals surface area contributed by atoms with Gasteiger partial charge in [-0.2, -0.15) is 9.40 Å².